The number of aryl methyl sites for hydroxylation is 3. The van der Waals surface area contributed by atoms with E-state index in [0.29, 0.717) is 16.6 Å². The average molecular weight is 372 g/mol. The smallest absolute Gasteiger partial charge is 0.341 e. The molecule has 0 unspecified atom stereocenters. The van der Waals surface area contributed by atoms with Gasteiger partial charge in [0, 0.05) is 16.5 Å². The maximum atomic E-state index is 12.4. The van der Waals surface area contributed by atoms with E-state index in [1.54, 1.807) is 0 Å². The molecule has 1 heterocycles. The molecule has 2 aromatic rings. The molecule has 0 fully saturated rings. The third-order valence-electron chi connectivity index (χ3n) is 3.74. The van der Waals surface area contributed by atoms with Crippen molar-refractivity contribution in [3.8, 4) is 11.1 Å². The van der Waals surface area contributed by atoms with Crippen molar-refractivity contribution >= 4 is 34.2 Å². The Morgan fingerprint density at radius 3 is 2.46 bits per heavy atom. The number of hydrogen-bond acceptors (Lipinski definition) is 6. The first kappa shape index (κ1) is 19.4. The Bertz CT molecular complexity index is 911. The molecule has 26 heavy (non-hydrogen) atoms. The Morgan fingerprint density at radius 2 is 1.85 bits per heavy atom. The maximum absolute atomic E-state index is 12.4. The molecule has 7 heteroatoms. The molecule has 0 radical (unpaired) electrons. The number of aliphatic carboxylic acids is 1. The molecule has 1 N–H and O–H groups in total. The zero-order valence-corrected chi connectivity index (χ0v) is 15.7. The van der Waals surface area contributed by atoms with E-state index in [1.807, 2.05) is 39.0 Å². The van der Waals surface area contributed by atoms with Gasteiger partial charge in [-0.3, -0.25) is 4.79 Å². The summed E-state index contributed by atoms with van der Waals surface area (Å²) in [7, 11) is 1.27. The lowest BCUT2D eigenvalue weighted by molar-refractivity contribution is -0.297. The summed E-state index contributed by atoms with van der Waals surface area (Å²) in [5.41, 5.74) is 3.84. The minimum Gasteiger partial charge on any atom is -0.545 e. The van der Waals surface area contributed by atoms with Crippen molar-refractivity contribution in [2.24, 2.45) is 0 Å². The molecule has 0 spiro atoms. The average Bonchev–Trinajstić information content (AvgIpc) is 2.90. The lowest BCUT2D eigenvalue weighted by atomic mass is 9.95. The number of ether oxygens (including phenoxy) is 1. The normalized spacial score (nSPS) is 10.8. The highest BCUT2D eigenvalue weighted by Gasteiger charge is 2.25. The topological polar surface area (TPSA) is 95.5 Å². The van der Waals surface area contributed by atoms with Crippen LogP contribution in [0.4, 0.5) is 5.00 Å². The van der Waals surface area contributed by atoms with E-state index in [4.69, 9.17) is 4.74 Å². The predicted octanol–water partition coefficient (Wildman–Crippen LogP) is 2.37. The van der Waals surface area contributed by atoms with Gasteiger partial charge < -0.3 is 20.0 Å². The van der Waals surface area contributed by atoms with Crippen molar-refractivity contribution in [3.05, 3.63) is 51.9 Å². The first-order valence-corrected chi connectivity index (χ1v) is 8.55. The summed E-state index contributed by atoms with van der Waals surface area (Å²) in [6.45, 7) is 5.74. The maximum Gasteiger partial charge on any atom is 0.341 e. The van der Waals surface area contributed by atoms with Crippen LogP contribution in [0.15, 0.2) is 30.4 Å². The minimum absolute atomic E-state index is 0.249. The van der Waals surface area contributed by atoms with Crippen molar-refractivity contribution in [1.29, 1.82) is 0 Å². The highest BCUT2D eigenvalue weighted by Crippen LogP contribution is 2.41. The summed E-state index contributed by atoms with van der Waals surface area (Å²) in [6, 6.07) is 5.91. The van der Waals surface area contributed by atoms with E-state index in [2.05, 4.69) is 5.32 Å². The van der Waals surface area contributed by atoms with Gasteiger partial charge in [-0.25, -0.2) is 4.79 Å². The number of carbonyl (C=O) groups excluding carboxylic acids is 3. The SMILES string of the molecule is COC(=O)c1c(NC(=O)C=CC(=O)[O-])sc(C)c1-c1cc(C)ccc1C. The number of carboxylic acids is 1. The monoisotopic (exact) mass is 372 g/mol. The van der Waals surface area contributed by atoms with E-state index in [0.717, 1.165) is 27.6 Å². The van der Waals surface area contributed by atoms with Crippen molar-refractivity contribution in [2.75, 3.05) is 12.4 Å². The van der Waals surface area contributed by atoms with E-state index < -0.39 is 17.8 Å². The molecule has 0 saturated carbocycles. The molecule has 0 bridgehead atoms. The van der Waals surface area contributed by atoms with Gasteiger partial charge in [0.1, 0.15) is 10.6 Å². The van der Waals surface area contributed by atoms with Gasteiger partial charge in [0.15, 0.2) is 0 Å². The Morgan fingerprint density at radius 1 is 1.15 bits per heavy atom. The quantitative estimate of drug-likeness (QED) is 0.642. The van der Waals surface area contributed by atoms with Gasteiger partial charge in [0.2, 0.25) is 5.91 Å². The Kier molecular flexibility index (Phi) is 5.94. The fraction of sp³-hybridized carbons (Fsp3) is 0.211. The summed E-state index contributed by atoms with van der Waals surface area (Å²) < 4.78 is 4.90. The van der Waals surface area contributed by atoms with Crippen LogP contribution in [-0.4, -0.2) is 25.0 Å². The zero-order chi connectivity index (χ0) is 19.4. The number of amides is 1. The molecule has 0 aliphatic rings. The van der Waals surface area contributed by atoms with Crippen LogP contribution in [0.5, 0.6) is 0 Å². The van der Waals surface area contributed by atoms with Crippen LogP contribution in [0.25, 0.3) is 11.1 Å². The number of benzene rings is 1. The van der Waals surface area contributed by atoms with E-state index in [1.165, 1.54) is 18.4 Å². The third kappa shape index (κ3) is 4.18. The number of esters is 1. The Labute approximate surface area is 155 Å². The first-order valence-electron chi connectivity index (χ1n) is 7.74. The summed E-state index contributed by atoms with van der Waals surface area (Å²) in [5, 5.41) is 13.3. The predicted molar refractivity (Wildman–Crippen MR) is 98.1 cm³/mol. The van der Waals surface area contributed by atoms with Crippen molar-refractivity contribution < 1.29 is 24.2 Å². The van der Waals surface area contributed by atoms with Crippen LogP contribution in [0.3, 0.4) is 0 Å². The van der Waals surface area contributed by atoms with Crippen molar-refractivity contribution in [3.63, 3.8) is 0 Å². The summed E-state index contributed by atoms with van der Waals surface area (Å²) in [4.78, 5) is 35.6. The van der Waals surface area contributed by atoms with Crippen LogP contribution < -0.4 is 10.4 Å². The van der Waals surface area contributed by atoms with Gasteiger partial charge in [-0.15, -0.1) is 11.3 Å². The number of nitrogens with one attached hydrogen (secondary N) is 1. The number of methoxy groups -OCH3 is 1. The first-order chi connectivity index (χ1) is 12.2. The lowest BCUT2D eigenvalue weighted by Gasteiger charge is -2.10. The molecule has 1 aromatic heterocycles. The fourth-order valence-electron chi connectivity index (χ4n) is 2.56. The second-order valence-electron chi connectivity index (χ2n) is 5.69. The molecule has 0 aliphatic carbocycles. The van der Waals surface area contributed by atoms with Gasteiger partial charge in [0.25, 0.3) is 0 Å². The number of hydrogen-bond donors (Lipinski definition) is 1. The fourth-order valence-corrected chi connectivity index (χ4v) is 3.62. The highest BCUT2D eigenvalue weighted by molar-refractivity contribution is 7.17. The number of carboxylic acid groups (broad SMARTS) is 1. The molecular formula is C19H18NO5S-. The Balaban J connectivity index is 2.58. The zero-order valence-electron chi connectivity index (χ0n) is 14.8. The van der Waals surface area contributed by atoms with Crippen LogP contribution in [0.2, 0.25) is 0 Å². The van der Waals surface area contributed by atoms with Gasteiger partial charge in [-0.05, 0) is 38.0 Å². The molecule has 0 aliphatic heterocycles. The molecule has 0 atom stereocenters. The van der Waals surface area contributed by atoms with Crippen LogP contribution in [-0.2, 0) is 14.3 Å². The summed E-state index contributed by atoms with van der Waals surface area (Å²) in [5.74, 6) is -2.73. The largest absolute Gasteiger partial charge is 0.545 e. The number of anilines is 1. The van der Waals surface area contributed by atoms with Gasteiger partial charge >= 0.3 is 5.97 Å². The van der Waals surface area contributed by atoms with Crippen LogP contribution in [0, 0.1) is 20.8 Å². The molecule has 1 amide bonds. The van der Waals surface area contributed by atoms with Gasteiger partial charge in [0.05, 0.1) is 13.1 Å². The van der Waals surface area contributed by atoms with Gasteiger partial charge in [-0.2, -0.15) is 0 Å². The summed E-state index contributed by atoms with van der Waals surface area (Å²) >= 11 is 1.23. The number of carbonyl (C=O) groups is 3. The second kappa shape index (κ2) is 7.97. The molecule has 2 rings (SSSR count). The van der Waals surface area contributed by atoms with E-state index in [9.17, 15) is 19.5 Å². The summed E-state index contributed by atoms with van der Waals surface area (Å²) in [6.07, 6.45) is 1.46. The van der Waals surface area contributed by atoms with Gasteiger partial charge in [-0.1, -0.05) is 23.8 Å². The Hall–Kier alpha value is -2.93. The van der Waals surface area contributed by atoms with Crippen LogP contribution in [0.1, 0.15) is 26.4 Å². The molecule has 6 nitrogen and oxygen atoms in total. The molecular weight excluding hydrogens is 354 g/mol. The standard InChI is InChI=1S/C19H19NO5S/c1-10-5-6-11(2)13(9-10)16-12(3)26-18(17(16)19(24)25-4)20-14(21)7-8-15(22)23/h5-9H,1-4H3,(H,20,21)(H,22,23)/p-1. The molecule has 136 valence electrons. The number of thiophene rings is 1. The van der Waals surface area contributed by atoms with E-state index in [-0.39, 0.29) is 5.56 Å². The third-order valence-corrected chi connectivity index (χ3v) is 4.76. The van der Waals surface area contributed by atoms with Crippen molar-refractivity contribution in [1.82, 2.24) is 0 Å². The highest BCUT2D eigenvalue weighted by atomic mass is 32.1. The molecule has 0 saturated heterocycles. The molecule has 1 aromatic carbocycles. The van der Waals surface area contributed by atoms with Crippen molar-refractivity contribution in [2.45, 2.75) is 20.8 Å². The number of rotatable bonds is 5. The van der Waals surface area contributed by atoms with E-state index >= 15 is 0 Å². The second-order valence-corrected chi connectivity index (χ2v) is 6.91. The minimum atomic E-state index is -1.48. The lowest BCUT2D eigenvalue weighted by Crippen LogP contribution is -2.20. The van der Waals surface area contributed by atoms with Crippen LogP contribution >= 0.6 is 11.3 Å².